The van der Waals surface area contributed by atoms with Crippen LogP contribution in [0.2, 0.25) is 0 Å². The highest BCUT2D eigenvalue weighted by atomic mass is 32.1. The molecule has 4 aromatic rings. The van der Waals surface area contributed by atoms with Crippen molar-refractivity contribution in [3.8, 4) is 0 Å². The number of hydrogen-bond donors (Lipinski definition) is 4. The molecule has 1 aromatic carbocycles. The number of amides is 3. The lowest BCUT2D eigenvalue weighted by Gasteiger charge is -2.30. The molecule has 3 amide bonds. The van der Waals surface area contributed by atoms with Gasteiger partial charge in [0.25, 0.3) is 5.91 Å². The van der Waals surface area contributed by atoms with Gasteiger partial charge in [-0.05, 0) is 44.1 Å². The van der Waals surface area contributed by atoms with E-state index in [-0.39, 0.29) is 60.4 Å². The summed E-state index contributed by atoms with van der Waals surface area (Å²) in [4.78, 5) is 60.9. The molecule has 13 nitrogen and oxygen atoms in total. The molecule has 1 aliphatic heterocycles. The fourth-order valence-electron chi connectivity index (χ4n) is 6.19. The normalized spacial score (nSPS) is 19.9. The Bertz CT molecular complexity index is 1760. The van der Waals surface area contributed by atoms with Crippen LogP contribution in [0, 0.1) is 25.7 Å². The SMILES string of the molecule is CCc1nc(CN2CC(=O)N[C@@H](CC(C)C)c3nc(cs3)C(=O)N[C@@H](Cc3ccccc3)c3nc(C)nn3CC(=O)N[C@@H](C(C)C)C2)c(C)[nH]1. The Morgan fingerprint density at radius 3 is 2.34 bits per heavy atom. The molecule has 1 aliphatic rings. The Kier molecular flexibility index (Phi) is 12.2. The third-order valence-corrected chi connectivity index (χ3v) is 9.77. The van der Waals surface area contributed by atoms with Gasteiger partial charge in [0.15, 0.2) is 5.82 Å². The van der Waals surface area contributed by atoms with Crippen molar-refractivity contribution in [2.24, 2.45) is 11.8 Å². The summed E-state index contributed by atoms with van der Waals surface area (Å²) in [5, 5.41) is 16.5. The van der Waals surface area contributed by atoms with Gasteiger partial charge in [-0.15, -0.1) is 11.3 Å². The molecule has 5 rings (SSSR count). The molecular formula is C36H50N10O3S. The van der Waals surface area contributed by atoms with E-state index in [1.807, 2.05) is 49.1 Å². The zero-order valence-corrected chi connectivity index (χ0v) is 30.9. The van der Waals surface area contributed by atoms with Crippen molar-refractivity contribution >= 4 is 29.1 Å². The molecule has 14 heteroatoms. The second-order valence-electron chi connectivity index (χ2n) is 13.9. The van der Waals surface area contributed by atoms with Gasteiger partial charge in [-0.1, -0.05) is 65.0 Å². The van der Waals surface area contributed by atoms with Crippen LogP contribution in [-0.2, 0) is 35.5 Å². The van der Waals surface area contributed by atoms with Crippen molar-refractivity contribution in [2.75, 3.05) is 13.1 Å². The molecular weight excluding hydrogens is 653 g/mol. The lowest BCUT2D eigenvalue weighted by molar-refractivity contribution is -0.123. The predicted molar refractivity (Wildman–Crippen MR) is 192 cm³/mol. The summed E-state index contributed by atoms with van der Waals surface area (Å²) in [6.07, 6.45) is 1.86. The standard InChI is InChI=1S/C36H50N10O3S/c1-8-31-37-23(6)29(39-31)17-45-16-28(22(4)5)41-33(48)19-46-34(38-24(7)44-46)26(15-25-12-10-9-11-13-25)42-35(49)30-20-50-36(43-30)27(14-21(2)3)40-32(47)18-45/h9-13,20-22,26-28H,8,14-19H2,1-7H3,(H,37,39)(H,40,47)(H,41,48)(H,42,49)/t26-,27-,28+/m0/s1. The molecule has 0 saturated heterocycles. The van der Waals surface area contributed by atoms with Gasteiger partial charge in [-0.2, -0.15) is 5.10 Å². The average Bonchev–Trinajstić information content (AvgIpc) is 3.78. The van der Waals surface area contributed by atoms with Crippen molar-refractivity contribution in [1.29, 1.82) is 0 Å². The summed E-state index contributed by atoms with van der Waals surface area (Å²) in [5.41, 5.74) is 3.08. The number of aromatic nitrogens is 6. The smallest absolute Gasteiger partial charge is 0.271 e. The predicted octanol–water partition coefficient (Wildman–Crippen LogP) is 4.21. The van der Waals surface area contributed by atoms with E-state index >= 15 is 0 Å². The second-order valence-corrected chi connectivity index (χ2v) is 14.8. The molecule has 0 aliphatic carbocycles. The van der Waals surface area contributed by atoms with E-state index in [0.29, 0.717) is 42.6 Å². The van der Waals surface area contributed by atoms with Crippen molar-refractivity contribution < 1.29 is 14.4 Å². The maximum atomic E-state index is 13.8. The monoisotopic (exact) mass is 702 g/mol. The first-order valence-electron chi connectivity index (χ1n) is 17.4. The van der Waals surface area contributed by atoms with Gasteiger partial charge in [0.2, 0.25) is 11.8 Å². The number of H-pyrrole nitrogens is 1. The fraction of sp³-hybridized carbons (Fsp3) is 0.528. The van der Waals surface area contributed by atoms with E-state index in [1.165, 1.54) is 11.3 Å². The van der Waals surface area contributed by atoms with Crippen molar-refractivity contribution in [3.63, 3.8) is 0 Å². The molecule has 4 N–H and O–H groups in total. The molecule has 0 saturated carbocycles. The topological polar surface area (TPSA) is 163 Å². The molecule has 0 fully saturated rings. The number of fused-ring (bicyclic) bond motifs is 3. The zero-order valence-electron chi connectivity index (χ0n) is 30.1. The maximum absolute atomic E-state index is 13.8. The second kappa shape index (κ2) is 16.5. The summed E-state index contributed by atoms with van der Waals surface area (Å²) in [6, 6.07) is 8.58. The molecule has 0 spiro atoms. The minimum atomic E-state index is -0.587. The van der Waals surface area contributed by atoms with E-state index in [2.05, 4.69) is 53.7 Å². The number of rotatable bonds is 8. The first kappa shape index (κ1) is 36.8. The molecule has 268 valence electrons. The van der Waals surface area contributed by atoms with Crippen LogP contribution in [0.5, 0.6) is 0 Å². The van der Waals surface area contributed by atoms with Gasteiger partial charge in [0.1, 0.15) is 28.9 Å². The van der Waals surface area contributed by atoms with Crippen LogP contribution in [0.1, 0.15) is 103 Å². The summed E-state index contributed by atoms with van der Waals surface area (Å²) in [5.74, 6) is 1.42. The number of hydrogen-bond acceptors (Lipinski definition) is 9. The van der Waals surface area contributed by atoms with Crippen LogP contribution >= 0.6 is 11.3 Å². The Hall–Kier alpha value is -4.43. The largest absolute Gasteiger partial charge is 0.350 e. The van der Waals surface area contributed by atoms with Crippen LogP contribution in [-0.4, -0.2) is 71.5 Å². The quantitative estimate of drug-likeness (QED) is 0.212. The maximum Gasteiger partial charge on any atom is 0.271 e. The molecule has 2 bridgehead atoms. The number of carbonyl (C=O) groups is 3. The average molecular weight is 703 g/mol. The van der Waals surface area contributed by atoms with Crippen LogP contribution in [0.15, 0.2) is 35.7 Å². The minimum Gasteiger partial charge on any atom is -0.350 e. The van der Waals surface area contributed by atoms with Gasteiger partial charge >= 0.3 is 0 Å². The van der Waals surface area contributed by atoms with E-state index in [1.54, 1.807) is 17.0 Å². The van der Waals surface area contributed by atoms with Gasteiger partial charge in [-0.3, -0.25) is 19.3 Å². The molecule has 3 aromatic heterocycles. The number of nitrogens with zero attached hydrogens (tertiary/aromatic N) is 6. The van der Waals surface area contributed by atoms with Crippen molar-refractivity contribution in [3.05, 3.63) is 80.8 Å². The molecule has 3 atom stereocenters. The van der Waals surface area contributed by atoms with E-state index < -0.39 is 6.04 Å². The number of nitrogens with one attached hydrogen (secondary N) is 4. The van der Waals surface area contributed by atoms with Crippen LogP contribution < -0.4 is 16.0 Å². The number of thiazole rings is 1. The Morgan fingerprint density at radius 2 is 1.66 bits per heavy atom. The van der Waals surface area contributed by atoms with Crippen molar-refractivity contribution in [2.45, 2.75) is 98.9 Å². The van der Waals surface area contributed by atoms with Crippen molar-refractivity contribution in [1.82, 2.24) is 50.6 Å². The summed E-state index contributed by atoms with van der Waals surface area (Å²) in [7, 11) is 0. The highest BCUT2D eigenvalue weighted by molar-refractivity contribution is 7.09. The molecule has 0 radical (unpaired) electrons. The molecule has 0 unspecified atom stereocenters. The first-order valence-corrected chi connectivity index (χ1v) is 18.3. The van der Waals surface area contributed by atoms with Crippen LogP contribution in [0.4, 0.5) is 0 Å². The Balaban J connectivity index is 1.54. The highest BCUT2D eigenvalue weighted by Gasteiger charge is 2.29. The number of benzene rings is 1. The molecule has 50 heavy (non-hydrogen) atoms. The van der Waals surface area contributed by atoms with Crippen LogP contribution in [0.25, 0.3) is 0 Å². The highest BCUT2D eigenvalue weighted by Crippen LogP contribution is 2.26. The lowest BCUT2D eigenvalue weighted by atomic mass is 10.0. The number of aromatic amines is 1. The molecule has 4 heterocycles. The Labute approximate surface area is 298 Å². The van der Waals surface area contributed by atoms with E-state index in [0.717, 1.165) is 29.2 Å². The van der Waals surface area contributed by atoms with Gasteiger partial charge in [0, 0.05) is 36.6 Å². The summed E-state index contributed by atoms with van der Waals surface area (Å²) < 4.78 is 1.58. The number of imidazole rings is 1. The number of aryl methyl sites for hydroxylation is 3. The van der Waals surface area contributed by atoms with Gasteiger partial charge in [0.05, 0.1) is 24.3 Å². The third kappa shape index (κ3) is 9.63. The lowest BCUT2D eigenvalue weighted by Crippen LogP contribution is -2.50. The van der Waals surface area contributed by atoms with E-state index in [4.69, 9.17) is 15.0 Å². The van der Waals surface area contributed by atoms with E-state index in [9.17, 15) is 14.4 Å². The fourth-order valence-corrected chi connectivity index (χ4v) is 7.06. The Morgan fingerprint density at radius 1 is 0.920 bits per heavy atom. The number of carbonyl (C=O) groups excluding carboxylic acids is 3. The first-order chi connectivity index (χ1) is 23.9. The van der Waals surface area contributed by atoms with Gasteiger partial charge in [-0.25, -0.2) is 19.6 Å². The summed E-state index contributed by atoms with van der Waals surface area (Å²) >= 11 is 1.36. The minimum absolute atomic E-state index is 0.0612. The third-order valence-electron chi connectivity index (χ3n) is 8.81. The van der Waals surface area contributed by atoms with Crippen LogP contribution in [0.3, 0.4) is 0 Å². The zero-order chi connectivity index (χ0) is 35.9. The van der Waals surface area contributed by atoms with Gasteiger partial charge < -0.3 is 20.9 Å². The summed E-state index contributed by atoms with van der Waals surface area (Å²) in [6.45, 7) is 15.0.